The number of rotatable bonds is 4. The normalized spacial score (nSPS) is 16.5. The number of hydrogen-bond acceptors (Lipinski definition) is 5. The van der Waals surface area contributed by atoms with Gasteiger partial charge < -0.3 is 9.64 Å². The fraction of sp³-hybridized carbons (Fsp3) is 0.421. The minimum Gasteiger partial charge on any atom is -0.491 e. The van der Waals surface area contributed by atoms with Gasteiger partial charge in [-0.1, -0.05) is 6.07 Å². The molecule has 0 radical (unpaired) electrons. The molecule has 5 heteroatoms. The molecular formula is C19H22N4O. The Balaban J connectivity index is 1.66. The first-order valence-corrected chi connectivity index (χ1v) is 8.62. The lowest BCUT2D eigenvalue weighted by Gasteiger charge is -2.16. The summed E-state index contributed by atoms with van der Waals surface area (Å²) in [6, 6.07) is 8.27. The molecule has 2 aliphatic rings. The second-order valence-electron chi connectivity index (χ2n) is 6.61. The van der Waals surface area contributed by atoms with Crippen LogP contribution < -0.4 is 9.64 Å². The molecule has 0 aliphatic carbocycles. The largest absolute Gasteiger partial charge is 0.491 e. The third-order valence-electron chi connectivity index (χ3n) is 4.44. The van der Waals surface area contributed by atoms with Crippen LogP contribution in [0.5, 0.6) is 5.75 Å². The standard InChI is InChI=1S/C19H22N4O/c1-13(2)24-15-6-5-14-11-20-19(16(14)9-15)17-10-18(22-12-21-17)23-7-3-4-8-23/h5-6,9-10,12-13H,3-4,7-8,11H2,1-2H3. The van der Waals surface area contributed by atoms with E-state index in [2.05, 4.69) is 33.1 Å². The third kappa shape index (κ3) is 2.86. The first-order chi connectivity index (χ1) is 11.7. The predicted molar refractivity (Wildman–Crippen MR) is 95.0 cm³/mol. The molecule has 0 unspecified atom stereocenters. The summed E-state index contributed by atoms with van der Waals surface area (Å²) < 4.78 is 5.83. The molecule has 2 aliphatic heterocycles. The molecule has 3 heterocycles. The third-order valence-corrected chi connectivity index (χ3v) is 4.44. The van der Waals surface area contributed by atoms with Crippen LogP contribution in [0.15, 0.2) is 35.6 Å². The quantitative estimate of drug-likeness (QED) is 0.867. The van der Waals surface area contributed by atoms with Gasteiger partial charge in [-0.15, -0.1) is 0 Å². The average Bonchev–Trinajstić information content (AvgIpc) is 3.24. The van der Waals surface area contributed by atoms with Crippen LogP contribution in [-0.4, -0.2) is 34.9 Å². The zero-order chi connectivity index (χ0) is 16.5. The molecule has 0 saturated carbocycles. The van der Waals surface area contributed by atoms with Crippen LogP contribution in [0.25, 0.3) is 0 Å². The van der Waals surface area contributed by atoms with Crippen LogP contribution in [0, 0.1) is 0 Å². The number of fused-ring (bicyclic) bond motifs is 1. The van der Waals surface area contributed by atoms with Gasteiger partial charge in [0.2, 0.25) is 0 Å². The van der Waals surface area contributed by atoms with Crippen LogP contribution in [0.3, 0.4) is 0 Å². The van der Waals surface area contributed by atoms with Crippen molar-refractivity contribution in [2.45, 2.75) is 39.3 Å². The second-order valence-corrected chi connectivity index (χ2v) is 6.61. The summed E-state index contributed by atoms with van der Waals surface area (Å²) >= 11 is 0. The van der Waals surface area contributed by atoms with Crippen molar-refractivity contribution in [2.75, 3.05) is 18.0 Å². The van der Waals surface area contributed by atoms with E-state index in [4.69, 9.17) is 9.73 Å². The minimum absolute atomic E-state index is 0.158. The summed E-state index contributed by atoms with van der Waals surface area (Å²) in [5.41, 5.74) is 4.19. The van der Waals surface area contributed by atoms with Gasteiger partial charge in [-0.3, -0.25) is 4.99 Å². The maximum atomic E-state index is 5.83. The summed E-state index contributed by atoms with van der Waals surface area (Å²) in [6.07, 6.45) is 4.28. The van der Waals surface area contributed by atoms with E-state index in [1.165, 1.54) is 18.4 Å². The first kappa shape index (κ1) is 15.1. The Morgan fingerprint density at radius 1 is 1.08 bits per heavy atom. The van der Waals surface area contributed by atoms with E-state index < -0.39 is 0 Å². The molecule has 0 spiro atoms. The predicted octanol–water partition coefficient (Wildman–Crippen LogP) is 3.22. The lowest BCUT2D eigenvalue weighted by Crippen LogP contribution is -2.20. The highest BCUT2D eigenvalue weighted by Gasteiger charge is 2.21. The number of ether oxygens (including phenoxy) is 1. The highest BCUT2D eigenvalue weighted by atomic mass is 16.5. The smallest absolute Gasteiger partial charge is 0.132 e. The highest BCUT2D eigenvalue weighted by molar-refractivity contribution is 6.14. The minimum atomic E-state index is 0.158. The van der Waals surface area contributed by atoms with Crippen LogP contribution in [0.2, 0.25) is 0 Å². The van der Waals surface area contributed by atoms with Crippen molar-refractivity contribution < 1.29 is 4.74 Å². The summed E-state index contributed by atoms with van der Waals surface area (Å²) in [5, 5.41) is 0. The Morgan fingerprint density at radius 2 is 1.92 bits per heavy atom. The molecule has 1 fully saturated rings. The molecule has 2 aromatic rings. The molecule has 5 nitrogen and oxygen atoms in total. The van der Waals surface area contributed by atoms with Gasteiger partial charge in [0.25, 0.3) is 0 Å². The molecule has 1 aromatic carbocycles. The topological polar surface area (TPSA) is 50.6 Å². The number of benzene rings is 1. The molecule has 1 saturated heterocycles. The first-order valence-electron chi connectivity index (χ1n) is 8.62. The van der Waals surface area contributed by atoms with E-state index in [0.717, 1.165) is 41.6 Å². The van der Waals surface area contributed by atoms with Gasteiger partial charge in [-0.25, -0.2) is 9.97 Å². The zero-order valence-corrected chi connectivity index (χ0v) is 14.2. The van der Waals surface area contributed by atoms with Gasteiger partial charge in [-0.2, -0.15) is 0 Å². The van der Waals surface area contributed by atoms with Crippen LogP contribution in [-0.2, 0) is 6.54 Å². The van der Waals surface area contributed by atoms with Crippen LogP contribution in [0.1, 0.15) is 43.5 Å². The Kier molecular flexibility index (Phi) is 3.92. The molecule has 24 heavy (non-hydrogen) atoms. The van der Waals surface area contributed by atoms with Gasteiger partial charge in [-0.05, 0) is 44.4 Å². The molecule has 4 rings (SSSR count). The molecule has 0 atom stereocenters. The molecule has 0 bridgehead atoms. The van der Waals surface area contributed by atoms with Crippen molar-refractivity contribution in [1.29, 1.82) is 0 Å². The lowest BCUT2D eigenvalue weighted by atomic mass is 10.0. The van der Waals surface area contributed by atoms with Gasteiger partial charge in [0, 0.05) is 24.7 Å². The van der Waals surface area contributed by atoms with Crippen LogP contribution in [0.4, 0.5) is 5.82 Å². The monoisotopic (exact) mass is 322 g/mol. The summed E-state index contributed by atoms with van der Waals surface area (Å²) in [5.74, 6) is 1.88. The number of aliphatic imine (C=N–C) groups is 1. The lowest BCUT2D eigenvalue weighted by molar-refractivity contribution is 0.242. The molecule has 0 N–H and O–H groups in total. The Morgan fingerprint density at radius 3 is 2.71 bits per heavy atom. The summed E-state index contributed by atoms with van der Waals surface area (Å²) in [6.45, 7) is 6.93. The fourth-order valence-corrected chi connectivity index (χ4v) is 3.32. The number of hydrogen-bond donors (Lipinski definition) is 0. The average molecular weight is 322 g/mol. The van der Waals surface area contributed by atoms with Crippen molar-refractivity contribution in [3.63, 3.8) is 0 Å². The Bertz CT molecular complexity index is 779. The molecular weight excluding hydrogens is 300 g/mol. The summed E-state index contributed by atoms with van der Waals surface area (Å²) in [4.78, 5) is 15.9. The Labute approximate surface area is 142 Å². The van der Waals surface area contributed by atoms with E-state index in [0.29, 0.717) is 6.54 Å². The van der Waals surface area contributed by atoms with Crippen LogP contribution >= 0.6 is 0 Å². The Hall–Kier alpha value is -2.43. The second kappa shape index (κ2) is 6.23. The van der Waals surface area contributed by atoms with E-state index in [1.807, 2.05) is 19.9 Å². The van der Waals surface area contributed by atoms with Gasteiger partial charge >= 0.3 is 0 Å². The van der Waals surface area contributed by atoms with E-state index in [1.54, 1.807) is 6.33 Å². The number of anilines is 1. The number of nitrogens with zero attached hydrogens (tertiary/aromatic N) is 4. The zero-order valence-electron chi connectivity index (χ0n) is 14.2. The molecule has 1 aromatic heterocycles. The highest BCUT2D eigenvalue weighted by Crippen LogP contribution is 2.28. The molecule has 124 valence electrons. The van der Waals surface area contributed by atoms with E-state index >= 15 is 0 Å². The maximum absolute atomic E-state index is 5.83. The number of aromatic nitrogens is 2. The van der Waals surface area contributed by atoms with Crippen molar-refractivity contribution in [3.8, 4) is 5.75 Å². The van der Waals surface area contributed by atoms with Gasteiger partial charge in [0.15, 0.2) is 0 Å². The van der Waals surface area contributed by atoms with Gasteiger partial charge in [0.05, 0.1) is 24.1 Å². The van der Waals surface area contributed by atoms with Crippen molar-refractivity contribution in [3.05, 3.63) is 47.4 Å². The van der Waals surface area contributed by atoms with Gasteiger partial charge in [0.1, 0.15) is 17.9 Å². The van der Waals surface area contributed by atoms with E-state index in [9.17, 15) is 0 Å². The summed E-state index contributed by atoms with van der Waals surface area (Å²) in [7, 11) is 0. The maximum Gasteiger partial charge on any atom is 0.132 e. The molecule has 0 amide bonds. The van der Waals surface area contributed by atoms with Crippen molar-refractivity contribution in [1.82, 2.24) is 9.97 Å². The van der Waals surface area contributed by atoms with E-state index in [-0.39, 0.29) is 6.10 Å². The van der Waals surface area contributed by atoms with Crippen molar-refractivity contribution in [2.24, 2.45) is 4.99 Å². The van der Waals surface area contributed by atoms with Crippen molar-refractivity contribution >= 4 is 11.5 Å². The SMILES string of the molecule is CC(C)Oc1ccc2c(c1)C(c1cc(N3CCCC3)ncn1)=NC2. The fourth-order valence-electron chi connectivity index (χ4n) is 3.32.